The normalized spacial score (nSPS) is 13.3. The number of nitrogens with zero attached hydrogens (tertiary/aromatic N) is 1. The van der Waals surface area contributed by atoms with E-state index in [1.165, 1.54) is 19.2 Å². The molecule has 0 radical (unpaired) electrons. The average Bonchev–Trinajstić information content (AvgIpc) is 2.87. The highest BCUT2D eigenvalue weighted by molar-refractivity contribution is 5.94. The molecule has 142 valence electrons. The number of halogens is 1. The summed E-state index contributed by atoms with van der Waals surface area (Å²) in [5.41, 5.74) is 7.25. The minimum absolute atomic E-state index is 0.0928. The van der Waals surface area contributed by atoms with Gasteiger partial charge in [0.25, 0.3) is 5.91 Å². The molecule has 7 heteroatoms. The molecular weight excluding hydrogens is 351 g/mol. The molecular formula is C20H21FN2O4. The van der Waals surface area contributed by atoms with Gasteiger partial charge in [-0.25, -0.2) is 4.39 Å². The third-order valence-electron chi connectivity index (χ3n) is 4.45. The largest absolute Gasteiger partial charge is 0.494 e. The highest BCUT2D eigenvalue weighted by atomic mass is 19.1. The number of fused-ring (bicyclic) bond motifs is 1. The van der Waals surface area contributed by atoms with Crippen molar-refractivity contribution in [2.75, 3.05) is 20.3 Å². The molecule has 0 saturated heterocycles. The van der Waals surface area contributed by atoms with Crippen LogP contribution in [0, 0.1) is 5.82 Å². The zero-order valence-electron chi connectivity index (χ0n) is 15.0. The zero-order valence-corrected chi connectivity index (χ0v) is 15.0. The van der Waals surface area contributed by atoms with Crippen molar-refractivity contribution < 1.29 is 23.5 Å². The first-order chi connectivity index (χ1) is 13.0. The lowest BCUT2D eigenvalue weighted by Crippen LogP contribution is -2.32. The average molecular weight is 372 g/mol. The van der Waals surface area contributed by atoms with Crippen LogP contribution in [0.25, 0.3) is 0 Å². The number of rotatable bonds is 5. The van der Waals surface area contributed by atoms with Gasteiger partial charge in [0.15, 0.2) is 11.6 Å². The van der Waals surface area contributed by atoms with E-state index in [4.69, 9.17) is 15.2 Å². The van der Waals surface area contributed by atoms with Crippen molar-refractivity contribution in [3.8, 4) is 11.5 Å². The molecule has 2 amide bonds. The van der Waals surface area contributed by atoms with Crippen LogP contribution in [0.1, 0.15) is 27.9 Å². The molecule has 2 aromatic carbocycles. The second-order valence-electron chi connectivity index (χ2n) is 6.33. The fourth-order valence-corrected chi connectivity index (χ4v) is 3.03. The number of carbonyl (C=O) groups is 2. The number of ether oxygens (including phenoxy) is 2. The Kier molecular flexibility index (Phi) is 5.59. The molecule has 1 aliphatic heterocycles. The lowest BCUT2D eigenvalue weighted by Gasteiger charge is -2.20. The van der Waals surface area contributed by atoms with Gasteiger partial charge in [-0.2, -0.15) is 0 Å². The molecule has 0 fully saturated rings. The van der Waals surface area contributed by atoms with E-state index in [2.05, 4.69) is 0 Å². The van der Waals surface area contributed by atoms with Gasteiger partial charge in [0.1, 0.15) is 12.4 Å². The minimum atomic E-state index is -0.580. The summed E-state index contributed by atoms with van der Waals surface area (Å²) >= 11 is 0. The first-order valence-corrected chi connectivity index (χ1v) is 8.63. The van der Waals surface area contributed by atoms with Crippen LogP contribution in [0.2, 0.25) is 0 Å². The molecule has 0 unspecified atom stereocenters. The Hall–Kier alpha value is -3.09. The van der Waals surface area contributed by atoms with Crippen LogP contribution in [0.4, 0.5) is 4.39 Å². The van der Waals surface area contributed by atoms with E-state index < -0.39 is 5.82 Å². The Labute approximate surface area is 156 Å². The number of aryl methyl sites for hydroxylation is 1. The van der Waals surface area contributed by atoms with Crippen LogP contribution in [0.15, 0.2) is 36.4 Å². The lowest BCUT2D eigenvalue weighted by molar-refractivity contribution is -0.117. The van der Waals surface area contributed by atoms with Crippen LogP contribution in [-0.2, 0) is 17.8 Å². The summed E-state index contributed by atoms with van der Waals surface area (Å²) < 4.78 is 24.6. The van der Waals surface area contributed by atoms with Crippen LogP contribution in [0.3, 0.4) is 0 Å². The number of nitrogens with two attached hydrogens (primary N) is 1. The van der Waals surface area contributed by atoms with Gasteiger partial charge >= 0.3 is 0 Å². The van der Waals surface area contributed by atoms with E-state index in [0.717, 1.165) is 11.1 Å². The molecule has 6 nitrogen and oxygen atoms in total. The number of hydrogen-bond acceptors (Lipinski definition) is 4. The SMILES string of the molecule is COc1ccc(C(=O)N2CCOc3ccc(CCC(N)=O)cc3C2)cc1F. The molecule has 1 heterocycles. The van der Waals surface area contributed by atoms with Crippen molar-refractivity contribution in [2.45, 2.75) is 19.4 Å². The molecule has 0 aromatic heterocycles. The van der Waals surface area contributed by atoms with Gasteiger partial charge in [-0.05, 0) is 36.2 Å². The minimum Gasteiger partial charge on any atom is -0.494 e. The van der Waals surface area contributed by atoms with Crippen molar-refractivity contribution in [1.29, 1.82) is 0 Å². The first-order valence-electron chi connectivity index (χ1n) is 8.63. The molecule has 0 aliphatic carbocycles. The number of methoxy groups -OCH3 is 1. The van der Waals surface area contributed by atoms with E-state index in [1.54, 1.807) is 11.0 Å². The summed E-state index contributed by atoms with van der Waals surface area (Å²) in [7, 11) is 1.37. The maximum Gasteiger partial charge on any atom is 0.254 e. The summed E-state index contributed by atoms with van der Waals surface area (Å²) in [6.07, 6.45) is 0.785. The molecule has 1 aliphatic rings. The third kappa shape index (κ3) is 4.36. The Balaban J connectivity index is 1.80. The van der Waals surface area contributed by atoms with Crippen molar-refractivity contribution in [3.63, 3.8) is 0 Å². The van der Waals surface area contributed by atoms with Gasteiger partial charge in [0.2, 0.25) is 5.91 Å². The number of carbonyl (C=O) groups excluding carboxylic acids is 2. The van der Waals surface area contributed by atoms with Gasteiger partial charge in [0, 0.05) is 24.1 Å². The van der Waals surface area contributed by atoms with Crippen LogP contribution in [-0.4, -0.2) is 37.0 Å². The standard InChI is InChI=1S/C20H21FN2O4/c1-26-18-6-4-14(11-16(18)21)20(25)23-8-9-27-17-5-2-13(3-7-19(22)24)10-15(17)12-23/h2,4-6,10-11H,3,7-9,12H2,1H3,(H2,22,24). The van der Waals surface area contributed by atoms with Gasteiger partial charge in [0.05, 0.1) is 13.7 Å². The smallest absolute Gasteiger partial charge is 0.254 e. The number of hydrogen-bond donors (Lipinski definition) is 1. The van der Waals surface area contributed by atoms with Crippen molar-refractivity contribution in [1.82, 2.24) is 4.90 Å². The highest BCUT2D eigenvalue weighted by Crippen LogP contribution is 2.26. The van der Waals surface area contributed by atoms with Crippen LogP contribution >= 0.6 is 0 Å². The molecule has 0 atom stereocenters. The first kappa shape index (κ1) is 18.7. The van der Waals surface area contributed by atoms with Gasteiger partial charge in [-0.1, -0.05) is 12.1 Å². The molecule has 0 bridgehead atoms. The Morgan fingerprint density at radius 3 is 2.78 bits per heavy atom. The monoisotopic (exact) mass is 372 g/mol. The second-order valence-corrected chi connectivity index (χ2v) is 6.33. The van der Waals surface area contributed by atoms with Gasteiger partial charge in [-0.15, -0.1) is 0 Å². The molecule has 27 heavy (non-hydrogen) atoms. The van der Waals surface area contributed by atoms with Gasteiger partial charge < -0.3 is 20.1 Å². The maximum atomic E-state index is 13.9. The van der Waals surface area contributed by atoms with E-state index >= 15 is 0 Å². The maximum absolute atomic E-state index is 13.9. The van der Waals surface area contributed by atoms with Crippen molar-refractivity contribution in [3.05, 3.63) is 58.9 Å². The quantitative estimate of drug-likeness (QED) is 0.873. The lowest BCUT2D eigenvalue weighted by atomic mass is 10.0. The summed E-state index contributed by atoms with van der Waals surface area (Å²) in [6, 6.07) is 9.80. The third-order valence-corrected chi connectivity index (χ3v) is 4.45. The van der Waals surface area contributed by atoms with E-state index in [1.807, 2.05) is 18.2 Å². The molecule has 0 saturated carbocycles. The molecule has 3 rings (SSSR count). The Bertz CT molecular complexity index is 869. The molecule has 2 N–H and O–H groups in total. The van der Waals surface area contributed by atoms with E-state index in [9.17, 15) is 14.0 Å². The molecule has 0 spiro atoms. The van der Waals surface area contributed by atoms with Crippen LogP contribution < -0.4 is 15.2 Å². The second kappa shape index (κ2) is 8.07. The van der Waals surface area contributed by atoms with Crippen molar-refractivity contribution in [2.24, 2.45) is 5.73 Å². The zero-order chi connectivity index (χ0) is 19.4. The Morgan fingerprint density at radius 2 is 2.07 bits per heavy atom. The highest BCUT2D eigenvalue weighted by Gasteiger charge is 2.22. The predicted molar refractivity (Wildman–Crippen MR) is 97.1 cm³/mol. The predicted octanol–water partition coefficient (Wildman–Crippen LogP) is 2.29. The molecule has 2 aromatic rings. The fourth-order valence-electron chi connectivity index (χ4n) is 3.03. The summed E-state index contributed by atoms with van der Waals surface area (Å²) in [4.78, 5) is 25.4. The van der Waals surface area contributed by atoms with Gasteiger partial charge in [-0.3, -0.25) is 9.59 Å². The van der Waals surface area contributed by atoms with Crippen molar-refractivity contribution >= 4 is 11.8 Å². The number of amides is 2. The van der Waals surface area contributed by atoms with E-state index in [0.29, 0.717) is 31.9 Å². The van der Waals surface area contributed by atoms with Crippen LogP contribution in [0.5, 0.6) is 11.5 Å². The topological polar surface area (TPSA) is 81.9 Å². The number of benzene rings is 2. The number of primary amides is 1. The summed E-state index contributed by atoms with van der Waals surface area (Å²) in [5.74, 6) is -0.428. The van der Waals surface area contributed by atoms with E-state index in [-0.39, 0.29) is 29.5 Å². The summed E-state index contributed by atoms with van der Waals surface area (Å²) in [6.45, 7) is 1.07. The Morgan fingerprint density at radius 1 is 1.26 bits per heavy atom. The fraction of sp³-hybridized carbons (Fsp3) is 0.300. The summed E-state index contributed by atoms with van der Waals surface area (Å²) in [5, 5.41) is 0.